The van der Waals surface area contributed by atoms with Crippen LogP contribution in [0.1, 0.15) is 11.1 Å². The van der Waals surface area contributed by atoms with Crippen molar-refractivity contribution in [3.05, 3.63) is 53.6 Å². The van der Waals surface area contributed by atoms with Crippen molar-refractivity contribution in [1.29, 1.82) is 0 Å². The molecule has 0 bridgehead atoms. The molecule has 22 heavy (non-hydrogen) atoms. The molecule has 0 unspecified atom stereocenters. The molecule has 0 aromatic heterocycles. The Labute approximate surface area is 148 Å². The fraction of sp³-hybridized carbons (Fsp3) is 0.200. The third-order valence-corrected chi connectivity index (χ3v) is 2.76. The minimum atomic E-state index is -0.826. The first-order valence-corrected chi connectivity index (χ1v) is 12.7. The summed E-state index contributed by atoms with van der Waals surface area (Å²) in [7, 11) is 11.4. The number of halogens is 2. The summed E-state index contributed by atoms with van der Waals surface area (Å²) >= 11 is -0.826. The number of phenolic OH excluding ortho intramolecular Hbond substituents is 1. The summed E-state index contributed by atoms with van der Waals surface area (Å²) in [5.41, 5.74) is 2.21. The molecular weight excluding hydrogens is 402 g/mol. The second kappa shape index (κ2) is 10.8. The number of methoxy groups -OCH3 is 1. The second-order valence-electron chi connectivity index (χ2n) is 4.27. The Morgan fingerprint density at radius 2 is 1.82 bits per heavy atom. The van der Waals surface area contributed by atoms with E-state index in [0.717, 1.165) is 5.56 Å². The Balaban J connectivity index is 0.000000745. The Bertz CT molecular complexity index is 610. The number of hydrogen-bond acceptors (Lipinski definition) is 4. The van der Waals surface area contributed by atoms with Gasteiger partial charge in [-0.1, -0.05) is 30.3 Å². The van der Waals surface area contributed by atoms with E-state index in [1.54, 1.807) is 26.2 Å². The van der Waals surface area contributed by atoms with E-state index in [1.807, 2.05) is 30.3 Å². The van der Waals surface area contributed by atoms with Gasteiger partial charge in [0.2, 0.25) is 0 Å². The molecule has 0 saturated heterocycles. The van der Waals surface area contributed by atoms with Gasteiger partial charge in [0.05, 0.1) is 13.7 Å². The number of azo groups is 1. The van der Waals surface area contributed by atoms with Crippen LogP contribution in [0.4, 0.5) is 5.69 Å². The van der Waals surface area contributed by atoms with Gasteiger partial charge in [-0.3, -0.25) is 0 Å². The third kappa shape index (κ3) is 6.47. The molecule has 2 aromatic rings. The molecule has 4 nitrogen and oxygen atoms in total. The summed E-state index contributed by atoms with van der Waals surface area (Å²) < 4.78 is 5.14. The standard InChI is InChI=1S/C15H16N2O2.2ClH.Zr/c1-11-8-13(19-2)9-14(15(11)18)17-16-10-12-6-4-3-5-7-12;;;/h3-9,18H,10H2,1-2H3;2*1H;/q;;;+2/p-2. The van der Waals surface area contributed by atoms with Crippen LogP contribution in [0.15, 0.2) is 52.7 Å². The normalized spacial score (nSPS) is 10.0. The summed E-state index contributed by atoms with van der Waals surface area (Å²) in [6.07, 6.45) is 0. The summed E-state index contributed by atoms with van der Waals surface area (Å²) in [4.78, 5) is 0. The van der Waals surface area contributed by atoms with Crippen molar-refractivity contribution < 1.29 is 30.7 Å². The molecule has 0 spiro atoms. The average Bonchev–Trinajstić information content (AvgIpc) is 2.53. The molecule has 0 saturated carbocycles. The van der Waals surface area contributed by atoms with E-state index in [4.69, 9.17) is 21.8 Å². The van der Waals surface area contributed by atoms with Gasteiger partial charge in [-0.15, -0.1) is 0 Å². The van der Waals surface area contributed by atoms with E-state index in [1.165, 1.54) is 0 Å². The molecule has 1 N–H and O–H groups in total. The molecule has 0 atom stereocenters. The molecule has 2 aromatic carbocycles. The van der Waals surface area contributed by atoms with Crippen LogP contribution in [0.3, 0.4) is 0 Å². The molecule has 0 fully saturated rings. The van der Waals surface area contributed by atoms with E-state index in [2.05, 4.69) is 10.2 Å². The number of aromatic hydroxyl groups is 1. The quantitative estimate of drug-likeness (QED) is 0.679. The Morgan fingerprint density at radius 1 is 1.18 bits per heavy atom. The van der Waals surface area contributed by atoms with Crippen LogP contribution in [0.2, 0.25) is 0 Å². The van der Waals surface area contributed by atoms with Crippen LogP contribution in [0, 0.1) is 6.92 Å². The van der Waals surface area contributed by atoms with Crippen molar-refractivity contribution in [3.8, 4) is 11.5 Å². The van der Waals surface area contributed by atoms with E-state index in [9.17, 15) is 5.11 Å². The van der Waals surface area contributed by atoms with Crippen LogP contribution in [-0.2, 0) is 27.4 Å². The molecule has 0 aliphatic carbocycles. The Kier molecular flexibility index (Phi) is 9.37. The fourth-order valence-corrected chi connectivity index (χ4v) is 1.70. The third-order valence-electron chi connectivity index (χ3n) is 2.76. The van der Waals surface area contributed by atoms with Crippen molar-refractivity contribution >= 4 is 22.7 Å². The van der Waals surface area contributed by atoms with Crippen molar-refractivity contribution in [3.63, 3.8) is 0 Å². The maximum absolute atomic E-state index is 9.91. The summed E-state index contributed by atoms with van der Waals surface area (Å²) in [6.45, 7) is 2.28. The summed E-state index contributed by atoms with van der Waals surface area (Å²) in [6, 6.07) is 13.3. The number of nitrogens with zero attached hydrogens (tertiary/aromatic N) is 2. The summed E-state index contributed by atoms with van der Waals surface area (Å²) in [5, 5.41) is 18.1. The number of rotatable bonds is 4. The maximum atomic E-state index is 9.91. The molecule has 0 radical (unpaired) electrons. The van der Waals surface area contributed by atoms with Crippen LogP contribution < -0.4 is 4.74 Å². The SMILES string of the molecule is COc1cc(C)c(O)c(N=NCc2ccccc2)c1.[Cl][Zr][Cl]. The molecular formula is C15H16Cl2N2O2Zr. The predicted molar refractivity (Wildman–Crippen MR) is 85.8 cm³/mol. The van der Waals surface area contributed by atoms with Gasteiger partial charge in [-0.05, 0) is 24.1 Å². The van der Waals surface area contributed by atoms with E-state index in [-0.39, 0.29) is 5.75 Å². The minimum absolute atomic E-state index is 0.137. The van der Waals surface area contributed by atoms with Crippen molar-refractivity contribution in [2.24, 2.45) is 10.2 Å². The van der Waals surface area contributed by atoms with Gasteiger partial charge in [-0.2, -0.15) is 10.2 Å². The van der Waals surface area contributed by atoms with Gasteiger partial charge in [0, 0.05) is 6.07 Å². The molecule has 0 aliphatic heterocycles. The fourth-order valence-electron chi connectivity index (χ4n) is 1.70. The monoisotopic (exact) mass is 416 g/mol. The average molecular weight is 418 g/mol. The first-order chi connectivity index (χ1) is 10.6. The molecule has 2 rings (SSSR count). The molecule has 116 valence electrons. The van der Waals surface area contributed by atoms with Gasteiger partial charge >= 0.3 is 37.9 Å². The topological polar surface area (TPSA) is 54.2 Å². The van der Waals surface area contributed by atoms with Gasteiger partial charge in [-0.25, -0.2) is 0 Å². The molecule has 0 amide bonds. The van der Waals surface area contributed by atoms with Crippen molar-refractivity contribution in [1.82, 2.24) is 0 Å². The zero-order chi connectivity index (χ0) is 16.4. The van der Waals surface area contributed by atoms with Crippen LogP contribution >= 0.6 is 17.0 Å². The zero-order valence-corrected chi connectivity index (χ0v) is 16.2. The first-order valence-electron chi connectivity index (χ1n) is 6.37. The van der Waals surface area contributed by atoms with Crippen molar-refractivity contribution in [2.75, 3.05) is 7.11 Å². The molecule has 0 aliphatic rings. The molecule has 0 heterocycles. The van der Waals surface area contributed by atoms with E-state index < -0.39 is 20.8 Å². The van der Waals surface area contributed by atoms with Crippen LogP contribution in [0.25, 0.3) is 0 Å². The van der Waals surface area contributed by atoms with Crippen molar-refractivity contribution in [2.45, 2.75) is 13.5 Å². The van der Waals surface area contributed by atoms with Crippen LogP contribution in [0.5, 0.6) is 11.5 Å². The first kappa shape index (κ1) is 19.2. The summed E-state index contributed by atoms with van der Waals surface area (Å²) in [5.74, 6) is 0.793. The number of aryl methyl sites for hydroxylation is 1. The van der Waals surface area contributed by atoms with Gasteiger partial charge in [0.15, 0.2) is 0 Å². The molecule has 7 heteroatoms. The van der Waals surface area contributed by atoms with E-state index in [0.29, 0.717) is 23.5 Å². The number of phenols is 1. The zero-order valence-electron chi connectivity index (χ0n) is 12.3. The number of hydrogen-bond donors (Lipinski definition) is 1. The number of ether oxygens (including phenoxy) is 1. The van der Waals surface area contributed by atoms with Gasteiger partial charge in [0.25, 0.3) is 0 Å². The van der Waals surface area contributed by atoms with Gasteiger partial charge in [0.1, 0.15) is 17.2 Å². The van der Waals surface area contributed by atoms with Crippen LogP contribution in [-0.4, -0.2) is 12.2 Å². The van der Waals surface area contributed by atoms with E-state index >= 15 is 0 Å². The Morgan fingerprint density at radius 3 is 2.41 bits per heavy atom. The van der Waals surface area contributed by atoms with Gasteiger partial charge < -0.3 is 9.84 Å². The second-order valence-corrected chi connectivity index (χ2v) is 8.00. The Hall–Kier alpha value is -0.897. The predicted octanol–water partition coefficient (Wildman–Crippen LogP) is 5.37. The number of benzene rings is 2.